The summed E-state index contributed by atoms with van der Waals surface area (Å²) in [4.78, 5) is 13.9. The standard InChI is InChI=1S/C15H30N2O3/c1-11(2)16-15(6,13(18)19)9-12(3)17-7-8-20-14(4,5)10-17/h11-12,16H,7-10H2,1-6H3,(H,18,19). The van der Waals surface area contributed by atoms with Crippen molar-refractivity contribution in [3.05, 3.63) is 0 Å². The summed E-state index contributed by atoms with van der Waals surface area (Å²) < 4.78 is 5.71. The van der Waals surface area contributed by atoms with Crippen LogP contribution in [0.2, 0.25) is 0 Å². The second-order valence-electron chi connectivity index (χ2n) is 7.07. The van der Waals surface area contributed by atoms with Crippen LogP contribution in [0.3, 0.4) is 0 Å². The molecule has 1 fully saturated rings. The Bertz CT molecular complexity index is 344. The molecular weight excluding hydrogens is 256 g/mol. The van der Waals surface area contributed by atoms with Gasteiger partial charge in [0.1, 0.15) is 5.54 Å². The molecule has 0 aliphatic carbocycles. The summed E-state index contributed by atoms with van der Waals surface area (Å²) in [5, 5.41) is 12.7. The van der Waals surface area contributed by atoms with Crippen LogP contribution in [0.4, 0.5) is 0 Å². The van der Waals surface area contributed by atoms with Gasteiger partial charge < -0.3 is 9.84 Å². The number of carbonyl (C=O) groups is 1. The number of ether oxygens (including phenoxy) is 1. The van der Waals surface area contributed by atoms with Crippen molar-refractivity contribution in [1.29, 1.82) is 0 Å². The number of nitrogens with one attached hydrogen (secondary N) is 1. The summed E-state index contributed by atoms with van der Waals surface area (Å²) in [6.07, 6.45) is 0.580. The van der Waals surface area contributed by atoms with Gasteiger partial charge in [-0.05, 0) is 48.0 Å². The Morgan fingerprint density at radius 2 is 2.05 bits per heavy atom. The number of rotatable bonds is 6. The third kappa shape index (κ3) is 4.72. The number of aliphatic carboxylic acids is 1. The molecule has 0 spiro atoms. The van der Waals surface area contributed by atoms with Crippen molar-refractivity contribution in [2.24, 2.45) is 0 Å². The third-order valence-corrected chi connectivity index (χ3v) is 3.86. The molecule has 0 amide bonds. The van der Waals surface area contributed by atoms with Crippen LogP contribution < -0.4 is 5.32 Å². The first-order valence-electron chi connectivity index (χ1n) is 7.45. The zero-order chi connectivity index (χ0) is 15.6. The maximum absolute atomic E-state index is 11.6. The highest BCUT2D eigenvalue weighted by Gasteiger charge is 2.38. The Morgan fingerprint density at radius 1 is 1.45 bits per heavy atom. The van der Waals surface area contributed by atoms with E-state index in [2.05, 4.69) is 31.0 Å². The first-order valence-corrected chi connectivity index (χ1v) is 7.45. The first-order chi connectivity index (χ1) is 9.06. The SMILES string of the molecule is CC(C)NC(C)(CC(C)N1CCOC(C)(C)C1)C(=O)O. The van der Waals surface area contributed by atoms with Gasteiger partial charge in [-0.15, -0.1) is 0 Å². The lowest BCUT2D eigenvalue weighted by Crippen LogP contribution is -2.58. The number of carboxylic acid groups (broad SMARTS) is 1. The van der Waals surface area contributed by atoms with Crippen LogP contribution in [0.1, 0.15) is 48.0 Å². The molecule has 2 atom stereocenters. The van der Waals surface area contributed by atoms with Crippen LogP contribution in [0.15, 0.2) is 0 Å². The van der Waals surface area contributed by atoms with E-state index in [-0.39, 0.29) is 17.7 Å². The molecule has 0 aromatic rings. The molecule has 2 N–H and O–H groups in total. The predicted molar refractivity (Wildman–Crippen MR) is 80.0 cm³/mol. The fourth-order valence-electron chi connectivity index (χ4n) is 2.99. The lowest BCUT2D eigenvalue weighted by molar-refractivity contribution is -0.146. The maximum Gasteiger partial charge on any atom is 0.323 e. The lowest BCUT2D eigenvalue weighted by Gasteiger charge is -2.43. The number of morpholine rings is 1. The molecule has 1 aliphatic heterocycles. The van der Waals surface area contributed by atoms with Crippen molar-refractivity contribution in [2.45, 2.75) is 71.2 Å². The van der Waals surface area contributed by atoms with Crippen LogP contribution in [-0.2, 0) is 9.53 Å². The molecule has 1 aliphatic rings. The van der Waals surface area contributed by atoms with Gasteiger partial charge in [-0.25, -0.2) is 0 Å². The van der Waals surface area contributed by atoms with E-state index in [1.807, 2.05) is 13.8 Å². The van der Waals surface area contributed by atoms with E-state index >= 15 is 0 Å². The van der Waals surface area contributed by atoms with Crippen molar-refractivity contribution >= 4 is 5.97 Å². The van der Waals surface area contributed by atoms with Crippen molar-refractivity contribution in [3.8, 4) is 0 Å². The molecule has 20 heavy (non-hydrogen) atoms. The number of carboxylic acids is 1. The minimum atomic E-state index is -0.893. The molecule has 1 saturated heterocycles. The number of hydrogen-bond acceptors (Lipinski definition) is 4. The molecule has 5 nitrogen and oxygen atoms in total. The molecule has 2 unspecified atom stereocenters. The lowest BCUT2D eigenvalue weighted by atomic mass is 9.91. The predicted octanol–water partition coefficient (Wildman–Crippen LogP) is 1.72. The monoisotopic (exact) mass is 286 g/mol. The van der Waals surface area contributed by atoms with E-state index in [4.69, 9.17) is 4.74 Å². The second-order valence-corrected chi connectivity index (χ2v) is 7.07. The van der Waals surface area contributed by atoms with Crippen molar-refractivity contribution < 1.29 is 14.6 Å². The Balaban J connectivity index is 2.71. The zero-order valence-corrected chi connectivity index (χ0v) is 13.7. The van der Waals surface area contributed by atoms with Crippen LogP contribution in [0.5, 0.6) is 0 Å². The first kappa shape index (κ1) is 17.4. The van der Waals surface area contributed by atoms with Crippen LogP contribution in [0, 0.1) is 0 Å². The summed E-state index contributed by atoms with van der Waals surface area (Å²) >= 11 is 0. The van der Waals surface area contributed by atoms with Gasteiger partial charge in [0, 0.05) is 25.2 Å². The van der Waals surface area contributed by atoms with Gasteiger partial charge in [0.2, 0.25) is 0 Å². The molecular formula is C15H30N2O3. The third-order valence-electron chi connectivity index (χ3n) is 3.86. The van der Waals surface area contributed by atoms with Crippen molar-refractivity contribution in [1.82, 2.24) is 10.2 Å². The molecule has 0 saturated carbocycles. The van der Waals surface area contributed by atoms with E-state index in [0.29, 0.717) is 13.0 Å². The van der Waals surface area contributed by atoms with Gasteiger partial charge in [0.25, 0.3) is 0 Å². The van der Waals surface area contributed by atoms with E-state index in [1.165, 1.54) is 0 Å². The normalized spacial score (nSPS) is 24.4. The second kappa shape index (κ2) is 6.41. The Hall–Kier alpha value is -0.650. The fraction of sp³-hybridized carbons (Fsp3) is 0.933. The molecule has 5 heteroatoms. The fourth-order valence-corrected chi connectivity index (χ4v) is 2.99. The quantitative estimate of drug-likeness (QED) is 0.778. The van der Waals surface area contributed by atoms with Crippen LogP contribution in [0.25, 0.3) is 0 Å². The Kier molecular flexibility index (Phi) is 5.58. The molecule has 0 radical (unpaired) electrons. The highest BCUT2D eigenvalue weighted by Crippen LogP contribution is 2.23. The molecule has 0 aromatic heterocycles. The van der Waals surface area contributed by atoms with Crippen LogP contribution in [-0.4, -0.2) is 58.9 Å². The minimum Gasteiger partial charge on any atom is -0.480 e. The average Bonchev–Trinajstić information content (AvgIpc) is 2.25. The van der Waals surface area contributed by atoms with Crippen molar-refractivity contribution in [2.75, 3.05) is 19.7 Å². The molecule has 0 aromatic carbocycles. The highest BCUT2D eigenvalue weighted by atomic mass is 16.5. The summed E-state index contributed by atoms with van der Waals surface area (Å²) in [7, 11) is 0. The molecule has 118 valence electrons. The minimum absolute atomic E-state index is 0.143. The summed E-state index contributed by atoms with van der Waals surface area (Å²) in [6, 6.07) is 0.343. The Labute approximate surface area is 122 Å². The average molecular weight is 286 g/mol. The van der Waals surface area contributed by atoms with Crippen LogP contribution >= 0.6 is 0 Å². The van der Waals surface area contributed by atoms with Gasteiger partial charge >= 0.3 is 5.97 Å². The maximum atomic E-state index is 11.6. The summed E-state index contributed by atoms with van der Waals surface area (Å²) in [6.45, 7) is 14.4. The topological polar surface area (TPSA) is 61.8 Å². The number of hydrogen-bond donors (Lipinski definition) is 2. The molecule has 0 bridgehead atoms. The van der Waals surface area contributed by atoms with Gasteiger partial charge in [-0.2, -0.15) is 0 Å². The largest absolute Gasteiger partial charge is 0.480 e. The zero-order valence-electron chi connectivity index (χ0n) is 13.7. The van der Waals surface area contributed by atoms with Gasteiger partial charge in [0.15, 0.2) is 0 Å². The van der Waals surface area contributed by atoms with Crippen molar-refractivity contribution in [3.63, 3.8) is 0 Å². The molecule has 1 rings (SSSR count). The highest BCUT2D eigenvalue weighted by molar-refractivity contribution is 5.78. The van der Waals surface area contributed by atoms with E-state index in [9.17, 15) is 9.90 Å². The van der Waals surface area contributed by atoms with E-state index in [1.54, 1.807) is 6.92 Å². The Morgan fingerprint density at radius 3 is 2.50 bits per heavy atom. The summed E-state index contributed by atoms with van der Waals surface area (Å²) in [5.41, 5.74) is -1.05. The van der Waals surface area contributed by atoms with Gasteiger partial charge in [-0.1, -0.05) is 0 Å². The van der Waals surface area contributed by atoms with Gasteiger partial charge in [0.05, 0.1) is 12.2 Å². The van der Waals surface area contributed by atoms with E-state index in [0.717, 1.165) is 13.1 Å². The number of nitrogens with zero attached hydrogens (tertiary/aromatic N) is 1. The van der Waals surface area contributed by atoms with Gasteiger partial charge in [-0.3, -0.25) is 15.0 Å². The van der Waals surface area contributed by atoms with E-state index < -0.39 is 11.5 Å². The molecule has 1 heterocycles. The summed E-state index contributed by atoms with van der Waals surface area (Å²) in [5.74, 6) is -0.787. The smallest absolute Gasteiger partial charge is 0.323 e.